The fourth-order valence-electron chi connectivity index (χ4n) is 3.05. The summed E-state index contributed by atoms with van der Waals surface area (Å²) in [5, 5.41) is 6.74. The SMILES string of the molecule is COc1ccc(N(CCC(=O)Nc2cnn(C)c2)S(=O)(=O)c2ccc(C)c(C)c2)cc1. The number of methoxy groups -OCH3 is 1. The maximum Gasteiger partial charge on any atom is 0.264 e. The number of ether oxygens (including phenoxy) is 1. The second kappa shape index (κ2) is 9.22. The van der Waals surface area contributed by atoms with Gasteiger partial charge in [0.05, 0.1) is 29.6 Å². The van der Waals surface area contributed by atoms with Crippen LogP contribution >= 0.6 is 0 Å². The molecule has 0 fully saturated rings. The van der Waals surface area contributed by atoms with Crippen molar-refractivity contribution in [3.05, 3.63) is 66.0 Å². The minimum atomic E-state index is -3.88. The number of benzene rings is 2. The Morgan fingerprint density at radius 2 is 1.84 bits per heavy atom. The zero-order valence-electron chi connectivity index (χ0n) is 18.0. The Balaban J connectivity index is 1.88. The zero-order valence-corrected chi connectivity index (χ0v) is 18.8. The van der Waals surface area contributed by atoms with Crippen LogP contribution in [0.15, 0.2) is 59.8 Å². The third-order valence-corrected chi connectivity index (χ3v) is 6.78. The van der Waals surface area contributed by atoms with E-state index in [4.69, 9.17) is 4.74 Å². The normalized spacial score (nSPS) is 11.2. The molecule has 0 atom stereocenters. The molecule has 3 rings (SSSR count). The van der Waals surface area contributed by atoms with Crippen molar-refractivity contribution in [3.63, 3.8) is 0 Å². The summed E-state index contributed by atoms with van der Waals surface area (Å²) in [6, 6.07) is 11.7. The van der Waals surface area contributed by atoms with Crippen molar-refractivity contribution < 1.29 is 17.9 Å². The zero-order chi connectivity index (χ0) is 22.6. The van der Waals surface area contributed by atoms with Crippen LogP contribution in [0.3, 0.4) is 0 Å². The van der Waals surface area contributed by atoms with E-state index in [1.54, 1.807) is 67.5 Å². The van der Waals surface area contributed by atoms with Gasteiger partial charge in [-0.15, -0.1) is 0 Å². The number of rotatable bonds is 8. The van der Waals surface area contributed by atoms with Crippen molar-refractivity contribution >= 4 is 27.3 Å². The number of sulfonamides is 1. The average molecular weight is 443 g/mol. The topological polar surface area (TPSA) is 93.5 Å². The first-order chi connectivity index (χ1) is 14.7. The van der Waals surface area contributed by atoms with Crippen molar-refractivity contribution in [2.24, 2.45) is 7.05 Å². The van der Waals surface area contributed by atoms with Crippen LogP contribution in [0, 0.1) is 13.8 Å². The minimum absolute atomic E-state index is 0.0202. The molecular formula is C22H26N4O4S. The number of anilines is 2. The third-order valence-electron chi connectivity index (χ3n) is 4.96. The molecule has 0 aliphatic carbocycles. The molecule has 0 bridgehead atoms. The lowest BCUT2D eigenvalue weighted by Crippen LogP contribution is -2.34. The summed E-state index contributed by atoms with van der Waals surface area (Å²) < 4.78 is 34.9. The van der Waals surface area contributed by atoms with E-state index in [-0.39, 0.29) is 23.8 Å². The third kappa shape index (κ3) is 5.24. The number of carbonyl (C=O) groups is 1. The molecule has 0 radical (unpaired) electrons. The van der Waals surface area contributed by atoms with Gasteiger partial charge in [-0.1, -0.05) is 6.07 Å². The van der Waals surface area contributed by atoms with Gasteiger partial charge in [-0.2, -0.15) is 5.10 Å². The van der Waals surface area contributed by atoms with Crippen LogP contribution in [-0.4, -0.2) is 37.8 Å². The molecule has 1 N–H and O–H groups in total. The summed E-state index contributed by atoms with van der Waals surface area (Å²) in [5.41, 5.74) is 2.89. The number of nitrogens with zero attached hydrogens (tertiary/aromatic N) is 3. The molecule has 0 spiro atoms. The van der Waals surface area contributed by atoms with Crippen molar-refractivity contribution in [1.29, 1.82) is 0 Å². The number of carbonyl (C=O) groups excluding carboxylic acids is 1. The molecule has 164 valence electrons. The van der Waals surface area contributed by atoms with Gasteiger partial charge in [0, 0.05) is 26.2 Å². The van der Waals surface area contributed by atoms with E-state index in [0.717, 1.165) is 11.1 Å². The lowest BCUT2D eigenvalue weighted by atomic mass is 10.1. The van der Waals surface area contributed by atoms with Crippen LogP contribution in [-0.2, 0) is 21.9 Å². The Bertz CT molecular complexity index is 1170. The molecule has 0 aliphatic rings. The second-order valence-electron chi connectivity index (χ2n) is 7.22. The number of hydrogen-bond acceptors (Lipinski definition) is 5. The molecule has 0 saturated heterocycles. The van der Waals surface area contributed by atoms with Crippen LogP contribution in [0.1, 0.15) is 17.5 Å². The highest BCUT2D eigenvalue weighted by atomic mass is 32.2. The molecule has 1 heterocycles. The van der Waals surface area contributed by atoms with Gasteiger partial charge < -0.3 is 10.1 Å². The molecule has 2 aromatic carbocycles. The van der Waals surface area contributed by atoms with Crippen molar-refractivity contribution in [1.82, 2.24) is 9.78 Å². The van der Waals surface area contributed by atoms with Crippen LogP contribution < -0.4 is 14.4 Å². The lowest BCUT2D eigenvalue weighted by molar-refractivity contribution is -0.116. The van der Waals surface area contributed by atoms with Gasteiger partial charge in [0.1, 0.15) is 5.75 Å². The van der Waals surface area contributed by atoms with E-state index in [9.17, 15) is 13.2 Å². The molecule has 0 aliphatic heterocycles. The van der Waals surface area contributed by atoms with E-state index in [1.807, 2.05) is 13.8 Å². The first-order valence-electron chi connectivity index (χ1n) is 9.73. The Morgan fingerprint density at radius 3 is 2.42 bits per heavy atom. The molecule has 31 heavy (non-hydrogen) atoms. The van der Waals surface area contributed by atoms with Gasteiger partial charge >= 0.3 is 0 Å². The molecule has 8 nitrogen and oxygen atoms in total. The summed E-state index contributed by atoms with van der Waals surface area (Å²) in [4.78, 5) is 12.6. The summed E-state index contributed by atoms with van der Waals surface area (Å²) in [5.74, 6) is 0.309. The number of nitrogens with one attached hydrogen (secondary N) is 1. The minimum Gasteiger partial charge on any atom is -0.497 e. The maximum absolute atomic E-state index is 13.5. The summed E-state index contributed by atoms with van der Waals surface area (Å²) in [7, 11) is -0.591. The van der Waals surface area contributed by atoms with Crippen molar-refractivity contribution in [2.45, 2.75) is 25.2 Å². The monoisotopic (exact) mass is 442 g/mol. The molecule has 3 aromatic rings. The molecular weight excluding hydrogens is 416 g/mol. The fraction of sp³-hybridized carbons (Fsp3) is 0.273. The average Bonchev–Trinajstić information content (AvgIpc) is 3.14. The quantitative estimate of drug-likeness (QED) is 0.578. The highest BCUT2D eigenvalue weighted by Crippen LogP contribution is 2.27. The Labute approximate surface area is 182 Å². The van der Waals surface area contributed by atoms with Gasteiger partial charge in [-0.3, -0.25) is 13.8 Å². The maximum atomic E-state index is 13.5. The fourth-order valence-corrected chi connectivity index (χ4v) is 4.60. The predicted molar refractivity (Wildman–Crippen MR) is 120 cm³/mol. The van der Waals surface area contributed by atoms with Crippen LogP contribution in [0.25, 0.3) is 0 Å². The van der Waals surface area contributed by atoms with Gasteiger partial charge in [0.15, 0.2) is 0 Å². The Kier molecular flexibility index (Phi) is 6.65. The first kappa shape index (κ1) is 22.4. The largest absolute Gasteiger partial charge is 0.497 e. The van der Waals surface area contributed by atoms with Crippen molar-refractivity contribution in [3.8, 4) is 5.75 Å². The van der Waals surface area contributed by atoms with E-state index >= 15 is 0 Å². The van der Waals surface area contributed by atoms with E-state index in [1.165, 1.54) is 10.5 Å². The summed E-state index contributed by atoms with van der Waals surface area (Å²) in [6.07, 6.45) is 3.18. The Hall–Kier alpha value is -3.33. The highest BCUT2D eigenvalue weighted by molar-refractivity contribution is 7.92. The van der Waals surface area contributed by atoms with Gasteiger partial charge in [-0.25, -0.2) is 8.42 Å². The number of amides is 1. The number of aryl methyl sites for hydroxylation is 3. The number of hydrogen-bond donors (Lipinski definition) is 1. The van der Waals surface area contributed by atoms with Gasteiger partial charge in [0.25, 0.3) is 10.0 Å². The smallest absolute Gasteiger partial charge is 0.264 e. The van der Waals surface area contributed by atoms with Crippen LogP contribution in [0.4, 0.5) is 11.4 Å². The molecule has 9 heteroatoms. The summed E-state index contributed by atoms with van der Waals surface area (Å²) in [6.45, 7) is 3.77. The molecule has 1 amide bonds. The van der Waals surface area contributed by atoms with Crippen LogP contribution in [0.2, 0.25) is 0 Å². The van der Waals surface area contributed by atoms with Gasteiger partial charge in [-0.05, 0) is 61.4 Å². The van der Waals surface area contributed by atoms with E-state index in [2.05, 4.69) is 10.4 Å². The van der Waals surface area contributed by atoms with E-state index < -0.39 is 10.0 Å². The predicted octanol–water partition coefficient (Wildman–Crippen LogP) is 3.27. The number of aromatic nitrogens is 2. The van der Waals surface area contributed by atoms with E-state index in [0.29, 0.717) is 17.1 Å². The highest BCUT2D eigenvalue weighted by Gasteiger charge is 2.26. The molecule has 0 unspecified atom stereocenters. The second-order valence-corrected chi connectivity index (χ2v) is 9.08. The van der Waals surface area contributed by atoms with Crippen molar-refractivity contribution in [2.75, 3.05) is 23.3 Å². The first-order valence-corrected chi connectivity index (χ1v) is 11.2. The lowest BCUT2D eigenvalue weighted by Gasteiger charge is -2.25. The Morgan fingerprint density at radius 1 is 1.13 bits per heavy atom. The van der Waals surface area contributed by atoms with Crippen LogP contribution in [0.5, 0.6) is 5.75 Å². The molecule has 0 saturated carbocycles. The summed E-state index contributed by atoms with van der Waals surface area (Å²) >= 11 is 0. The molecule has 1 aromatic heterocycles. The van der Waals surface area contributed by atoms with Gasteiger partial charge in [0.2, 0.25) is 5.91 Å². The standard InChI is InChI=1S/C22H26N4O4S/c1-16-5-10-21(13-17(16)2)31(28,29)26(19-6-8-20(30-4)9-7-19)12-11-22(27)24-18-14-23-25(3)15-18/h5-10,13-15H,11-12H2,1-4H3,(H,24,27).